The van der Waals surface area contributed by atoms with Gasteiger partial charge in [0.05, 0.1) is 0 Å². The molecule has 10 heavy (non-hydrogen) atoms. The Hall–Kier alpha value is -0.0400. The molecule has 0 aromatic rings. The molecule has 0 saturated carbocycles. The maximum Gasteiger partial charge on any atom is 0.00972 e. The Kier molecular flexibility index (Phi) is 2.90. The first-order valence-corrected chi connectivity index (χ1v) is 4.00. The molecule has 0 heterocycles. The summed E-state index contributed by atoms with van der Waals surface area (Å²) in [4.78, 5) is 0. The van der Waals surface area contributed by atoms with Gasteiger partial charge in [-0.15, -0.1) is 0 Å². The lowest BCUT2D eigenvalue weighted by Crippen LogP contribution is -2.32. The minimum atomic E-state index is 0.00722. The van der Waals surface area contributed by atoms with Gasteiger partial charge < -0.3 is 5.73 Å². The molecule has 62 valence electrons. The molecule has 0 rings (SSSR count). The van der Waals surface area contributed by atoms with Gasteiger partial charge in [0.1, 0.15) is 0 Å². The smallest absolute Gasteiger partial charge is 0.00972 e. The highest BCUT2D eigenvalue weighted by Gasteiger charge is 2.16. The van der Waals surface area contributed by atoms with Crippen LogP contribution in [0, 0.1) is 5.41 Å². The molecule has 0 aliphatic heterocycles. The van der Waals surface area contributed by atoms with E-state index in [1.54, 1.807) is 0 Å². The number of nitrogens with two attached hydrogens (primary N) is 1. The average Bonchev–Trinajstić information content (AvgIpc) is 1.57. The van der Waals surface area contributed by atoms with Crippen molar-refractivity contribution in [3.63, 3.8) is 0 Å². The van der Waals surface area contributed by atoms with Gasteiger partial charge in [-0.25, -0.2) is 0 Å². The zero-order valence-electron chi connectivity index (χ0n) is 7.99. The highest BCUT2D eigenvalue weighted by atomic mass is 14.7. The molecule has 0 aromatic carbocycles. The van der Waals surface area contributed by atoms with Crippen molar-refractivity contribution in [3.05, 3.63) is 0 Å². The molecule has 1 heteroatoms. The van der Waals surface area contributed by atoms with Crippen LogP contribution in [0.15, 0.2) is 0 Å². The van der Waals surface area contributed by atoms with Crippen LogP contribution in [0.4, 0.5) is 0 Å². The molecule has 0 fully saturated rings. The third-order valence-corrected chi connectivity index (χ3v) is 1.52. The lowest BCUT2D eigenvalue weighted by molar-refractivity contribution is 0.316. The summed E-state index contributed by atoms with van der Waals surface area (Å²) < 4.78 is 0. The van der Waals surface area contributed by atoms with Crippen LogP contribution >= 0.6 is 0 Å². The van der Waals surface area contributed by atoms with E-state index >= 15 is 0 Å². The van der Waals surface area contributed by atoms with Crippen molar-refractivity contribution in [3.8, 4) is 0 Å². The lowest BCUT2D eigenvalue weighted by atomic mass is 9.85. The van der Waals surface area contributed by atoms with E-state index in [0.29, 0.717) is 5.41 Å². The van der Waals surface area contributed by atoms with Crippen molar-refractivity contribution in [1.82, 2.24) is 0 Å². The zero-order valence-corrected chi connectivity index (χ0v) is 7.99. The third-order valence-electron chi connectivity index (χ3n) is 1.52. The van der Waals surface area contributed by atoms with E-state index in [1.165, 1.54) is 6.42 Å². The van der Waals surface area contributed by atoms with E-state index < -0.39 is 0 Å². The molecule has 0 atom stereocenters. The van der Waals surface area contributed by atoms with Crippen molar-refractivity contribution >= 4 is 0 Å². The summed E-state index contributed by atoms with van der Waals surface area (Å²) in [6.07, 6.45) is 2.31. The van der Waals surface area contributed by atoms with E-state index in [4.69, 9.17) is 5.73 Å². The maximum absolute atomic E-state index is 5.84. The second kappa shape index (κ2) is 2.91. The van der Waals surface area contributed by atoms with E-state index in [2.05, 4.69) is 34.6 Å². The van der Waals surface area contributed by atoms with Gasteiger partial charge in [-0.3, -0.25) is 0 Å². The van der Waals surface area contributed by atoms with Gasteiger partial charge in [0.15, 0.2) is 0 Å². The summed E-state index contributed by atoms with van der Waals surface area (Å²) in [5, 5.41) is 0. The van der Waals surface area contributed by atoms with E-state index in [-0.39, 0.29) is 5.54 Å². The Morgan fingerprint density at radius 2 is 1.30 bits per heavy atom. The van der Waals surface area contributed by atoms with Crippen LogP contribution in [0.3, 0.4) is 0 Å². The summed E-state index contributed by atoms with van der Waals surface area (Å²) in [6, 6.07) is 0. The Morgan fingerprint density at radius 1 is 0.900 bits per heavy atom. The Bertz CT molecular complexity index is 78.3. The van der Waals surface area contributed by atoms with Gasteiger partial charge in [-0.1, -0.05) is 20.8 Å². The molecule has 0 saturated heterocycles. The lowest BCUT2D eigenvalue weighted by Gasteiger charge is -2.24. The predicted octanol–water partition coefficient (Wildman–Crippen LogP) is 2.55. The van der Waals surface area contributed by atoms with Gasteiger partial charge in [0.25, 0.3) is 0 Å². The van der Waals surface area contributed by atoms with Crippen LogP contribution in [-0.2, 0) is 0 Å². The SMILES string of the molecule is CC(C)(C)CCC(C)(C)N. The molecule has 0 aliphatic carbocycles. The topological polar surface area (TPSA) is 26.0 Å². The Labute approximate surface area is 65.0 Å². The minimum absolute atomic E-state index is 0.00722. The van der Waals surface area contributed by atoms with E-state index in [0.717, 1.165) is 6.42 Å². The summed E-state index contributed by atoms with van der Waals surface area (Å²) in [7, 11) is 0. The molecule has 2 N–H and O–H groups in total. The van der Waals surface area contributed by atoms with Crippen molar-refractivity contribution in [2.24, 2.45) is 11.1 Å². The fraction of sp³-hybridized carbons (Fsp3) is 1.00. The highest BCUT2D eigenvalue weighted by molar-refractivity contribution is 4.75. The first-order chi connectivity index (χ1) is 4.21. The second-order valence-corrected chi connectivity index (χ2v) is 5.05. The molecule has 0 spiro atoms. The molecule has 0 bridgehead atoms. The Morgan fingerprint density at radius 3 is 1.40 bits per heavy atom. The number of hydrogen-bond donors (Lipinski definition) is 1. The van der Waals surface area contributed by atoms with Crippen LogP contribution in [0.2, 0.25) is 0 Å². The highest BCUT2D eigenvalue weighted by Crippen LogP contribution is 2.23. The van der Waals surface area contributed by atoms with Gasteiger partial charge in [-0.05, 0) is 32.1 Å². The van der Waals surface area contributed by atoms with Gasteiger partial charge in [-0.2, -0.15) is 0 Å². The largest absolute Gasteiger partial charge is 0.326 e. The third kappa shape index (κ3) is 7.96. The maximum atomic E-state index is 5.84. The summed E-state index contributed by atoms with van der Waals surface area (Å²) >= 11 is 0. The zero-order chi connectivity index (χ0) is 8.41. The molecular formula is C9H21N. The average molecular weight is 143 g/mol. The molecule has 0 amide bonds. The van der Waals surface area contributed by atoms with Crippen molar-refractivity contribution < 1.29 is 0 Å². The fourth-order valence-corrected chi connectivity index (χ4v) is 0.697. The van der Waals surface area contributed by atoms with Crippen molar-refractivity contribution in [1.29, 1.82) is 0 Å². The summed E-state index contributed by atoms with van der Waals surface area (Å²) in [5.41, 5.74) is 6.28. The van der Waals surface area contributed by atoms with Crippen molar-refractivity contribution in [2.45, 2.75) is 53.0 Å². The first kappa shape index (κ1) is 9.96. The van der Waals surface area contributed by atoms with Crippen molar-refractivity contribution in [2.75, 3.05) is 0 Å². The predicted molar refractivity (Wildman–Crippen MR) is 47.0 cm³/mol. The normalized spacial score (nSPS) is 13.8. The molecule has 0 aliphatic rings. The van der Waals surface area contributed by atoms with Gasteiger partial charge >= 0.3 is 0 Å². The number of hydrogen-bond acceptors (Lipinski definition) is 1. The monoisotopic (exact) mass is 143 g/mol. The van der Waals surface area contributed by atoms with Gasteiger partial charge in [0.2, 0.25) is 0 Å². The Balaban J connectivity index is 3.56. The van der Waals surface area contributed by atoms with Crippen LogP contribution in [-0.4, -0.2) is 5.54 Å². The van der Waals surface area contributed by atoms with Crippen LogP contribution in [0.25, 0.3) is 0 Å². The molecular weight excluding hydrogens is 122 g/mol. The minimum Gasteiger partial charge on any atom is -0.326 e. The molecule has 0 unspecified atom stereocenters. The van der Waals surface area contributed by atoms with Gasteiger partial charge in [0, 0.05) is 5.54 Å². The second-order valence-electron chi connectivity index (χ2n) is 5.05. The quantitative estimate of drug-likeness (QED) is 0.631. The molecule has 0 radical (unpaired) electrons. The van der Waals surface area contributed by atoms with E-state index in [1.807, 2.05) is 0 Å². The molecule has 0 aromatic heterocycles. The fourth-order valence-electron chi connectivity index (χ4n) is 0.697. The first-order valence-electron chi connectivity index (χ1n) is 4.00. The van der Waals surface area contributed by atoms with Crippen LogP contribution in [0.5, 0.6) is 0 Å². The number of rotatable bonds is 2. The van der Waals surface area contributed by atoms with Crippen LogP contribution in [0.1, 0.15) is 47.5 Å². The summed E-state index contributed by atoms with van der Waals surface area (Å²) in [5.74, 6) is 0. The standard InChI is InChI=1S/C9H21N/c1-8(2,3)6-7-9(4,5)10/h6-7,10H2,1-5H3. The molecule has 1 nitrogen and oxygen atoms in total. The van der Waals surface area contributed by atoms with Crippen LogP contribution < -0.4 is 5.73 Å². The summed E-state index contributed by atoms with van der Waals surface area (Å²) in [6.45, 7) is 10.9. The van der Waals surface area contributed by atoms with E-state index in [9.17, 15) is 0 Å².